The molecule has 0 radical (unpaired) electrons. The molecule has 0 aliphatic rings. The summed E-state index contributed by atoms with van der Waals surface area (Å²) >= 11 is 0. The van der Waals surface area contributed by atoms with Crippen molar-refractivity contribution in [2.24, 2.45) is 0 Å². The second-order valence-electron chi connectivity index (χ2n) is 15.3. The maximum Gasteiger partial charge on any atom is 0.166 e. The highest BCUT2D eigenvalue weighted by atomic mass is 15.1. The van der Waals surface area contributed by atoms with Gasteiger partial charge in [-0.1, -0.05) is 140 Å². The van der Waals surface area contributed by atoms with Gasteiger partial charge in [0.1, 0.15) is 0 Å². The Bertz CT molecular complexity index is 3310. The van der Waals surface area contributed by atoms with E-state index in [1.807, 2.05) is 55.1 Å². The summed E-state index contributed by atoms with van der Waals surface area (Å²) in [4.78, 5) is 25.4. The third-order valence-electron chi connectivity index (χ3n) is 11.8. The van der Waals surface area contributed by atoms with E-state index in [9.17, 15) is 0 Å². The van der Waals surface area contributed by atoms with Crippen molar-refractivity contribution in [2.45, 2.75) is 0 Å². The maximum absolute atomic E-state index is 5.55. The highest BCUT2D eigenvalue weighted by Crippen LogP contribution is 2.43. The number of pyridine rings is 2. The number of benzene rings is 7. The van der Waals surface area contributed by atoms with Crippen LogP contribution in [-0.4, -0.2) is 34.1 Å². The van der Waals surface area contributed by atoms with Gasteiger partial charge < -0.3 is 9.13 Å². The normalized spacial score (nSPS) is 11.5. The minimum Gasteiger partial charge on any atom is -0.308 e. The van der Waals surface area contributed by atoms with E-state index in [1.54, 1.807) is 0 Å². The maximum atomic E-state index is 5.55. The summed E-state index contributed by atoms with van der Waals surface area (Å²) in [7, 11) is 0. The predicted octanol–water partition coefficient (Wildman–Crippen LogP) is 13.2. The Kier molecular flexibility index (Phi) is 8.35. The van der Waals surface area contributed by atoms with Crippen LogP contribution in [0.5, 0.6) is 0 Å². The van der Waals surface area contributed by atoms with Crippen molar-refractivity contribution in [3.05, 3.63) is 213 Å². The van der Waals surface area contributed by atoms with Gasteiger partial charge in [0.2, 0.25) is 0 Å². The largest absolute Gasteiger partial charge is 0.308 e. The Balaban J connectivity index is 1.21. The van der Waals surface area contributed by atoms with Crippen LogP contribution in [0.15, 0.2) is 213 Å². The molecule has 0 saturated carbocycles. The van der Waals surface area contributed by atoms with Crippen LogP contribution in [-0.2, 0) is 0 Å². The van der Waals surface area contributed by atoms with Crippen LogP contribution < -0.4 is 0 Å². The van der Waals surface area contributed by atoms with Gasteiger partial charge in [0, 0.05) is 85.3 Å². The Morgan fingerprint density at radius 2 is 0.629 bits per heavy atom. The smallest absolute Gasteiger partial charge is 0.166 e. The highest BCUT2D eigenvalue weighted by Gasteiger charge is 2.25. The number of hydrogen-bond donors (Lipinski definition) is 0. The Morgan fingerprint density at radius 1 is 0.274 bits per heavy atom. The molecule has 0 amide bonds. The quantitative estimate of drug-likeness (QED) is 0.161. The molecular weight excluding hydrogens is 759 g/mol. The third kappa shape index (κ3) is 5.71. The molecule has 0 atom stereocenters. The van der Waals surface area contributed by atoms with Gasteiger partial charge >= 0.3 is 0 Å². The van der Waals surface area contributed by atoms with Crippen LogP contribution in [0.3, 0.4) is 0 Å². The molecular formula is C55H35N7. The van der Waals surface area contributed by atoms with Crippen molar-refractivity contribution in [2.75, 3.05) is 0 Å². The van der Waals surface area contributed by atoms with Crippen molar-refractivity contribution < 1.29 is 0 Å². The van der Waals surface area contributed by atoms with Crippen molar-refractivity contribution in [3.63, 3.8) is 0 Å². The van der Waals surface area contributed by atoms with Crippen LogP contribution in [0.1, 0.15) is 0 Å². The summed E-state index contributed by atoms with van der Waals surface area (Å²) in [6, 6.07) is 65.5. The van der Waals surface area contributed by atoms with E-state index in [1.165, 1.54) is 21.5 Å². The molecule has 0 aliphatic carbocycles. The molecule has 290 valence electrons. The summed E-state index contributed by atoms with van der Waals surface area (Å²) in [5.74, 6) is 1.68. The van der Waals surface area contributed by atoms with Crippen LogP contribution in [0.4, 0.5) is 0 Å². The molecule has 12 aromatic rings. The number of rotatable bonds is 7. The molecule has 5 aromatic heterocycles. The highest BCUT2D eigenvalue weighted by molar-refractivity contribution is 6.12. The first-order valence-electron chi connectivity index (χ1n) is 20.7. The van der Waals surface area contributed by atoms with Gasteiger partial charge in [0.25, 0.3) is 0 Å². The molecule has 7 heteroatoms. The van der Waals surface area contributed by atoms with E-state index >= 15 is 0 Å². The molecule has 0 saturated heterocycles. The molecule has 0 unspecified atom stereocenters. The first-order chi connectivity index (χ1) is 30.8. The number of hydrogen-bond acceptors (Lipinski definition) is 5. The second kappa shape index (κ2) is 14.6. The van der Waals surface area contributed by atoms with Crippen molar-refractivity contribution in [1.82, 2.24) is 34.1 Å². The minimum absolute atomic E-state index is 0.552. The van der Waals surface area contributed by atoms with E-state index in [4.69, 9.17) is 15.0 Å². The number of fused-ring (bicyclic) bond motifs is 6. The fraction of sp³-hybridized carbons (Fsp3) is 0. The lowest BCUT2D eigenvalue weighted by Gasteiger charge is -2.20. The third-order valence-corrected chi connectivity index (χ3v) is 11.8. The minimum atomic E-state index is 0.552. The fourth-order valence-corrected chi connectivity index (χ4v) is 9.10. The molecule has 0 bridgehead atoms. The molecule has 5 heterocycles. The molecule has 7 nitrogen and oxygen atoms in total. The van der Waals surface area contributed by atoms with Gasteiger partial charge in [-0.15, -0.1) is 0 Å². The lowest BCUT2D eigenvalue weighted by molar-refractivity contribution is 1.06. The molecule has 0 aliphatic heterocycles. The Morgan fingerprint density at radius 3 is 1.03 bits per heavy atom. The molecule has 7 aromatic carbocycles. The summed E-state index contributed by atoms with van der Waals surface area (Å²) in [6.45, 7) is 0. The first-order valence-corrected chi connectivity index (χ1v) is 20.7. The molecule has 62 heavy (non-hydrogen) atoms. The average Bonchev–Trinajstić information content (AvgIpc) is 3.87. The average molecular weight is 794 g/mol. The SMILES string of the molecule is c1ccc(-c2nc(-c3cccc(-c4cccnc4)c3-n3c4ccccc4c4ccccc43)nc(-c3cccc(-c4cccnc4)c3-n3c4ccccc4c4ccccc43)n2)cc1. The Hall–Kier alpha value is -8.55. The molecule has 12 rings (SSSR count). The van der Waals surface area contributed by atoms with Crippen LogP contribution in [0.2, 0.25) is 0 Å². The zero-order valence-electron chi connectivity index (χ0n) is 33.3. The monoisotopic (exact) mass is 793 g/mol. The standard InChI is InChI=1S/C55H35N7/c1-2-16-36(17-3-1)53-58-54(45-26-12-24-39(37-18-14-32-56-34-37)51(45)61-47-28-8-4-20-41(47)42-21-5-9-29-48(42)61)60-55(59-53)46-27-13-25-40(38-19-15-33-57-35-38)52(46)62-49-30-10-6-22-43(49)44-23-7-11-31-50(44)62/h1-35H. The van der Waals surface area contributed by atoms with Crippen LogP contribution in [0, 0.1) is 0 Å². The summed E-state index contributed by atoms with van der Waals surface area (Å²) < 4.78 is 4.72. The zero-order chi connectivity index (χ0) is 41.0. The summed E-state index contributed by atoms with van der Waals surface area (Å²) in [6.07, 6.45) is 7.47. The number of para-hydroxylation sites is 6. The number of aromatic nitrogens is 7. The van der Waals surface area contributed by atoms with Crippen LogP contribution >= 0.6 is 0 Å². The summed E-state index contributed by atoms with van der Waals surface area (Å²) in [5, 5.41) is 4.66. The van der Waals surface area contributed by atoms with Gasteiger partial charge in [-0.05, 0) is 48.5 Å². The van der Waals surface area contributed by atoms with Gasteiger partial charge in [-0.25, -0.2) is 15.0 Å². The first kappa shape index (κ1) is 35.4. The van der Waals surface area contributed by atoms with Gasteiger partial charge in [0.15, 0.2) is 17.5 Å². The second-order valence-corrected chi connectivity index (χ2v) is 15.3. The van der Waals surface area contributed by atoms with E-state index in [2.05, 4.69) is 177 Å². The lowest BCUT2D eigenvalue weighted by atomic mass is 9.99. The van der Waals surface area contributed by atoms with E-state index in [0.717, 1.165) is 72.4 Å². The molecule has 0 fully saturated rings. The van der Waals surface area contributed by atoms with Crippen molar-refractivity contribution in [1.29, 1.82) is 0 Å². The van der Waals surface area contributed by atoms with E-state index < -0.39 is 0 Å². The topological polar surface area (TPSA) is 74.3 Å². The number of nitrogens with zero attached hydrogens (tertiary/aromatic N) is 7. The van der Waals surface area contributed by atoms with Gasteiger partial charge in [-0.3, -0.25) is 9.97 Å². The predicted molar refractivity (Wildman–Crippen MR) is 251 cm³/mol. The van der Waals surface area contributed by atoms with Crippen LogP contribution in [0.25, 0.3) is 111 Å². The molecule has 0 N–H and O–H groups in total. The Labute approximate surface area is 356 Å². The van der Waals surface area contributed by atoms with Crippen molar-refractivity contribution >= 4 is 43.6 Å². The van der Waals surface area contributed by atoms with Crippen molar-refractivity contribution in [3.8, 4) is 67.8 Å². The van der Waals surface area contributed by atoms with E-state index in [-0.39, 0.29) is 0 Å². The zero-order valence-corrected chi connectivity index (χ0v) is 33.3. The fourth-order valence-electron chi connectivity index (χ4n) is 9.10. The van der Waals surface area contributed by atoms with Gasteiger partial charge in [-0.2, -0.15) is 0 Å². The van der Waals surface area contributed by atoms with Gasteiger partial charge in [0.05, 0.1) is 33.4 Å². The molecule has 0 spiro atoms. The lowest BCUT2D eigenvalue weighted by Crippen LogP contribution is -2.07. The summed E-state index contributed by atoms with van der Waals surface area (Å²) in [5.41, 5.74) is 12.9. The van der Waals surface area contributed by atoms with E-state index in [0.29, 0.717) is 17.5 Å².